The Kier molecular flexibility index (Phi) is 4.59. The third kappa shape index (κ3) is 3.47. The number of hydrogen-bond acceptors (Lipinski definition) is 5. The van der Waals surface area contributed by atoms with Gasteiger partial charge in [-0.15, -0.1) is 11.8 Å². The third-order valence-electron chi connectivity index (χ3n) is 3.08. The number of rotatable bonds is 6. The number of amides is 1. The summed E-state index contributed by atoms with van der Waals surface area (Å²) in [6.07, 6.45) is 2.46. The minimum Gasteiger partial charge on any atom is -0.478 e. The van der Waals surface area contributed by atoms with E-state index in [1.807, 2.05) is 0 Å². The summed E-state index contributed by atoms with van der Waals surface area (Å²) in [6.45, 7) is 1.69. The van der Waals surface area contributed by atoms with Crippen LogP contribution in [-0.4, -0.2) is 39.8 Å². The van der Waals surface area contributed by atoms with Crippen molar-refractivity contribution in [2.24, 2.45) is 0 Å². The van der Waals surface area contributed by atoms with E-state index < -0.39 is 5.97 Å². The quantitative estimate of drug-likeness (QED) is 0.611. The highest BCUT2D eigenvalue weighted by Gasteiger charge is 2.29. The van der Waals surface area contributed by atoms with Crippen molar-refractivity contribution in [2.45, 2.75) is 37.1 Å². The molecule has 2 N–H and O–H groups in total. The Labute approximate surface area is 121 Å². The average Bonchev–Trinajstić information content (AvgIpc) is 3.21. The van der Waals surface area contributed by atoms with Gasteiger partial charge >= 0.3 is 5.97 Å². The first-order chi connectivity index (χ1) is 9.52. The summed E-state index contributed by atoms with van der Waals surface area (Å²) >= 11 is 1.30. The molecule has 0 aromatic carbocycles. The van der Waals surface area contributed by atoms with E-state index in [1.54, 1.807) is 14.0 Å². The first-order valence-electron chi connectivity index (χ1n) is 6.48. The van der Waals surface area contributed by atoms with Crippen LogP contribution in [-0.2, 0) is 4.79 Å². The minimum absolute atomic E-state index is 0.0671. The highest BCUT2D eigenvalue weighted by atomic mass is 32.2. The number of aromatic carboxylic acids is 1. The fourth-order valence-electron chi connectivity index (χ4n) is 1.81. The number of nitrogens with one attached hydrogen (secondary N) is 1. The number of aryl methyl sites for hydroxylation is 1. The Bertz CT molecular complexity index is 544. The molecule has 20 heavy (non-hydrogen) atoms. The Balaban J connectivity index is 2.19. The summed E-state index contributed by atoms with van der Waals surface area (Å²) in [7, 11) is 1.58. The Morgan fingerprint density at radius 2 is 2.10 bits per heavy atom. The van der Waals surface area contributed by atoms with E-state index in [2.05, 4.69) is 15.3 Å². The third-order valence-corrected chi connectivity index (χ3v) is 4.05. The molecule has 0 unspecified atom stereocenters. The van der Waals surface area contributed by atoms with Crippen LogP contribution in [0.4, 0.5) is 0 Å². The molecular weight excluding hydrogens is 278 g/mol. The zero-order chi connectivity index (χ0) is 14.7. The lowest BCUT2D eigenvalue weighted by molar-refractivity contribution is -0.120. The van der Waals surface area contributed by atoms with Gasteiger partial charge in [-0.2, -0.15) is 0 Å². The van der Waals surface area contributed by atoms with E-state index in [4.69, 9.17) is 0 Å². The standard InChI is InChI=1S/C13H17N3O3S/c1-7-10(13(18)19)12(20-6-5-9(17)14-2)16-11(15-7)8-3-4-8/h8H,3-6H2,1-2H3,(H,14,17)(H,18,19). The average molecular weight is 295 g/mol. The summed E-state index contributed by atoms with van der Waals surface area (Å²) in [6, 6.07) is 0. The van der Waals surface area contributed by atoms with Gasteiger partial charge in [0.15, 0.2) is 0 Å². The molecule has 1 heterocycles. The van der Waals surface area contributed by atoms with Gasteiger partial charge in [-0.3, -0.25) is 4.79 Å². The normalized spacial score (nSPS) is 14.1. The van der Waals surface area contributed by atoms with E-state index in [-0.39, 0.29) is 11.5 Å². The molecule has 7 heteroatoms. The number of hydrogen-bond donors (Lipinski definition) is 2. The molecule has 1 fully saturated rings. The molecule has 108 valence electrons. The number of carboxylic acids is 1. The first-order valence-corrected chi connectivity index (χ1v) is 7.46. The van der Waals surface area contributed by atoms with Gasteiger partial charge in [0, 0.05) is 25.1 Å². The van der Waals surface area contributed by atoms with Gasteiger partial charge in [0.25, 0.3) is 0 Å². The lowest BCUT2D eigenvalue weighted by Gasteiger charge is -2.09. The molecule has 1 aromatic heterocycles. The summed E-state index contributed by atoms with van der Waals surface area (Å²) in [5.41, 5.74) is 0.646. The van der Waals surface area contributed by atoms with Gasteiger partial charge in [-0.1, -0.05) is 0 Å². The van der Waals surface area contributed by atoms with Crippen molar-refractivity contribution in [1.82, 2.24) is 15.3 Å². The van der Waals surface area contributed by atoms with Crippen molar-refractivity contribution in [3.05, 3.63) is 17.1 Å². The van der Waals surface area contributed by atoms with Crippen LogP contribution in [0.15, 0.2) is 5.03 Å². The molecule has 6 nitrogen and oxygen atoms in total. The zero-order valence-electron chi connectivity index (χ0n) is 11.5. The molecule has 1 aliphatic carbocycles. The lowest BCUT2D eigenvalue weighted by Crippen LogP contribution is -2.18. The van der Waals surface area contributed by atoms with Crippen LogP contribution >= 0.6 is 11.8 Å². The molecule has 0 bridgehead atoms. The molecule has 1 aliphatic rings. The number of carbonyl (C=O) groups is 2. The maximum atomic E-state index is 11.3. The Morgan fingerprint density at radius 3 is 2.65 bits per heavy atom. The second kappa shape index (κ2) is 6.21. The Morgan fingerprint density at radius 1 is 1.40 bits per heavy atom. The van der Waals surface area contributed by atoms with Crippen molar-refractivity contribution >= 4 is 23.6 Å². The summed E-state index contributed by atoms with van der Waals surface area (Å²) in [5, 5.41) is 12.3. The van der Waals surface area contributed by atoms with Gasteiger partial charge in [-0.25, -0.2) is 14.8 Å². The van der Waals surface area contributed by atoms with Crippen molar-refractivity contribution < 1.29 is 14.7 Å². The summed E-state index contributed by atoms with van der Waals surface area (Å²) in [5.74, 6) is 0.514. The van der Waals surface area contributed by atoms with Gasteiger partial charge in [0.05, 0.1) is 5.69 Å². The molecule has 0 aliphatic heterocycles. The Hall–Kier alpha value is -1.63. The number of nitrogens with zero attached hydrogens (tertiary/aromatic N) is 2. The highest BCUT2D eigenvalue weighted by molar-refractivity contribution is 7.99. The van der Waals surface area contributed by atoms with Crippen molar-refractivity contribution in [3.63, 3.8) is 0 Å². The first kappa shape index (κ1) is 14.8. The second-order valence-corrected chi connectivity index (χ2v) is 5.78. The SMILES string of the molecule is CNC(=O)CCSc1nc(C2CC2)nc(C)c1C(=O)O. The van der Waals surface area contributed by atoms with Crippen molar-refractivity contribution in [1.29, 1.82) is 0 Å². The molecule has 0 saturated heterocycles. The minimum atomic E-state index is -1.02. The topological polar surface area (TPSA) is 92.2 Å². The molecule has 1 amide bonds. The van der Waals surface area contributed by atoms with Crippen LogP contribution in [0.2, 0.25) is 0 Å². The predicted molar refractivity (Wildman–Crippen MR) is 75.1 cm³/mol. The zero-order valence-corrected chi connectivity index (χ0v) is 12.3. The van der Waals surface area contributed by atoms with Gasteiger partial charge in [0.1, 0.15) is 16.4 Å². The second-order valence-electron chi connectivity index (χ2n) is 4.70. The van der Waals surface area contributed by atoms with Crippen LogP contribution in [0.5, 0.6) is 0 Å². The van der Waals surface area contributed by atoms with Crippen LogP contribution in [0.25, 0.3) is 0 Å². The van der Waals surface area contributed by atoms with Gasteiger partial charge in [-0.05, 0) is 19.8 Å². The smallest absolute Gasteiger partial charge is 0.340 e. The highest BCUT2D eigenvalue weighted by Crippen LogP contribution is 2.39. The number of carbonyl (C=O) groups excluding carboxylic acids is 1. The largest absolute Gasteiger partial charge is 0.478 e. The number of aromatic nitrogens is 2. The molecule has 1 saturated carbocycles. The number of carboxylic acid groups (broad SMARTS) is 1. The van der Waals surface area contributed by atoms with E-state index in [0.717, 1.165) is 18.7 Å². The lowest BCUT2D eigenvalue weighted by atomic mass is 10.2. The van der Waals surface area contributed by atoms with E-state index in [1.165, 1.54) is 11.8 Å². The number of thioether (sulfide) groups is 1. The molecule has 0 atom stereocenters. The van der Waals surface area contributed by atoms with E-state index in [0.29, 0.717) is 28.8 Å². The summed E-state index contributed by atoms with van der Waals surface area (Å²) < 4.78 is 0. The summed E-state index contributed by atoms with van der Waals surface area (Å²) in [4.78, 5) is 31.2. The van der Waals surface area contributed by atoms with E-state index in [9.17, 15) is 14.7 Å². The maximum Gasteiger partial charge on any atom is 0.340 e. The van der Waals surface area contributed by atoms with E-state index >= 15 is 0 Å². The van der Waals surface area contributed by atoms with Crippen molar-refractivity contribution in [3.8, 4) is 0 Å². The van der Waals surface area contributed by atoms with Gasteiger partial charge < -0.3 is 10.4 Å². The van der Waals surface area contributed by atoms with Crippen LogP contribution < -0.4 is 5.32 Å². The maximum absolute atomic E-state index is 11.3. The van der Waals surface area contributed by atoms with Crippen molar-refractivity contribution in [2.75, 3.05) is 12.8 Å². The van der Waals surface area contributed by atoms with Gasteiger partial charge in [0.2, 0.25) is 5.91 Å². The van der Waals surface area contributed by atoms with Crippen LogP contribution in [0, 0.1) is 6.92 Å². The fourth-order valence-corrected chi connectivity index (χ4v) is 2.83. The van der Waals surface area contributed by atoms with Crippen LogP contribution in [0.3, 0.4) is 0 Å². The molecular formula is C13H17N3O3S. The molecule has 0 spiro atoms. The predicted octanol–water partition coefficient (Wildman–Crippen LogP) is 1.59. The molecule has 0 radical (unpaired) electrons. The molecule has 2 rings (SSSR count). The monoisotopic (exact) mass is 295 g/mol. The van der Waals surface area contributed by atoms with Crippen LogP contribution in [0.1, 0.15) is 47.1 Å². The fraction of sp³-hybridized carbons (Fsp3) is 0.538. The molecule has 1 aromatic rings.